The quantitative estimate of drug-likeness (QED) is 0.266. The van der Waals surface area contributed by atoms with Gasteiger partial charge in [-0.3, -0.25) is 14.2 Å². The van der Waals surface area contributed by atoms with Crippen molar-refractivity contribution in [2.24, 2.45) is 7.05 Å². The first-order chi connectivity index (χ1) is 19.4. The third-order valence-electron chi connectivity index (χ3n) is 7.11. The Morgan fingerprint density at radius 2 is 1.73 bits per heavy atom. The Morgan fingerprint density at radius 1 is 0.925 bits per heavy atom. The van der Waals surface area contributed by atoms with Crippen molar-refractivity contribution in [3.8, 4) is 28.0 Å². The molecule has 0 spiro atoms. The molecule has 0 fully saturated rings. The topological polar surface area (TPSA) is 77.7 Å². The summed E-state index contributed by atoms with van der Waals surface area (Å²) in [5, 5.41) is 6.50. The number of hydrogen-bond donors (Lipinski definition) is 1. The molecule has 0 saturated carbocycles. The van der Waals surface area contributed by atoms with Crippen molar-refractivity contribution in [2.75, 3.05) is 0 Å². The zero-order valence-electron chi connectivity index (χ0n) is 22.5. The number of aromatic nitrogens is 5. The van der Waals surface area contributed by atoms with Crippen LogP contribution in [0.3, 0.4) is 0 Å². The Bertz CT molecular complexity index is 1870. The van der Waals surface area contributed by atoms with Gasteiger partial charge in [0, 0.05) is 12.6 Å². The second-order valence-electron chi connectivity index (χ2n) is 10.00. The molecule has 0 unspecified atom stereocenters. The van der Waals surface area contributed by atoms with E-state index in [9.17, 15) is 4.79 Å². The number of halogens is 1. The fourth-order valence-corrected chi connectivity index (χ4v) is 5.24. The Balaban J connectivity index is 1.40. The fourth-order valence-electron chi connectivity index (χ4n) is 5.24. The summed E-state index contributed by atoms with van der Waals surface area (Å²) in [5.74, 6) is 0.189. The van der Waals surface area contributed by atoms with Gasteiger partial charge in [-0.25, -0.2) is 14.2 Å². The number of aryl methyl sites for hydroxylation is 3. The highest BCUT2D eigenvalue weighted by atomic mass is 19.1. The van der Waals surface area contributed by atoms with Gasteiger partial charge in [-0.1, -0.05) is 48.5 Å². The van der Waals surface area contributed by atoms with Crippen LogP contribution in [-0.4, -0.2) is 24.3 Å². The molecule has 2 aromatic heterocycles. The number of H-pyrrole nitrogens is 1. The number of hydrogen-bond acceptors (Lipinski definition) is 4. The third kappa shape index (κ3) is 4.68. The lowest BCUT2D eigenvalue weighted by Crippen LogP contribution is -2.22. The molecule has 0 amide bonds. The summed E-state index contributed by atoms with van der Waals surface area (Å²) in [6, 6.07) is 25.8. The van der Waals surface area contributed by atoms with Gasteiger partial charge in [0.05, 0.1) is 17.6 Å². The number of imidazole rings is 1. The molecule has 0 bridgehead atoms. The number of rotatable bonds is 7. The van der Waals surface area contributed by atoms with Crippen molar-refractivity contribution in [1.82, 2.24) is 24.3 Å². The minimum atomic E-state index is -0.480. The Kier molecular flexibility index (Phi) is 6.51. The summed E-state index contributed by atoms with van der Waals surface area (Å²) >= 11 is 0. The van der Waals surface area contributed by atoms with E-state index in [-0.39, 0.29) is 18.0 Å². The molecule has 0 atom stereocenters. The van der Waals surface area contributed by atoms with Gasteiger partial charge in [-0.05, 0) is 77.6 Å². The van der Waals surface area contributed by atoms with Crippen LogP contribution in [-0.2, 0) is 20.2 Å². The standard InChI is InChI=1S/C32H28FN5O2/c1-20-12-26(25-14-21(2)31(27(33)16-25)40-18-29-34-19-35-36-29)30-28(13-20)38(32(39)37(30)3)17-22-8-7-11-24(15-22)23-9-5-4-6-10-23/h4-16,19H,17-18H2,1-3H3,(H,34,35,36). The number of benzene rings is 4. The van der Waals surface area contributed by atoms with Crippen LogP contribution in [0.5, 0.6) is 5.75 Å². The summed E-state index contributed by atoms with van der Waals surface area (Å²) in [4.78, 5) is 17.6. The van der Waals surface area contributed by atoms with Gasteiger partial charge < -0.3 is 4.74 Å². The monoisotopic (exact) mass is 533 g/mol. The number of nitrogens with one attached hydrogen (secondary N) is 1. The van der Waals surface area contributed by atoms with E-state index in [1.54, 1.807) is 23.1 Å². The molecule has 40 heavy (non-hydrogen) atoms. The van der Waals surface area contributed by atoms with E-state index >= 15 is 4.39 Å². The van der Waals surface area contributed by atoms with Gasteiger partial charge in [-0.15, -0.1) is 0 Å². The van der Waals surface area contributed by atoms with Crippen molar-refractivity contribution in [1.29, 1.82) is 0 Å². The third-order valence-corrected chi connectivity index (χ3v) is 7.11. The van der Waals surface area contributed by atoms with E-state index in [1.165, 1.54) is 12.4 Å². The Morgan fingerprint density at radius 3 is 2.48 bits per heavy atom. The maximum Gasteiger partial charge on any atom is 0.329 e. The molecule has 0 aliphatic heterocycles. The average Bonchev–Trinajstić information content (AvgIpc) is 3.56. The zero-order chi connectivity index (χ0) is 27.8. The molecule has 6 aromatic rings. The van der Waals surface area contributed by atoms with Crippen LogP contribution >= 0.6 is 0 Å². The number of ether oxygens (including phenoxy) is 1. The Labute approximate surface area is 230 Å². The lowest BCUT2D eigenvalue weighted by Gasteiger charge is -2.13. The smallest absolute Gasteiger partial charge is 0.329 e. The molecule has 200 valence electrons. The first-order valence-electron chi connectivity index (χ1n) is 13.0. The Hall–Kier alpha value is -4.98. The van der Waals surface area contributed by atoms with Crippen LogP contribution in [0, 0.1) is 19.7 Å². The van der Waals surface area contributed by atoms with Crippen molar-refractivity contribution in [3.05, 3.63) is 124 Å². The van der Waals surface area contributed by atoms with Gasteiger partial charge in [0.2, 0.25) is 0 Å². The normalized spacial score (nSPS) is 11.3. The second kappa shape index (κ2) is 10.3. The van der Waals surface area contributed by atoms with Crippen molar-refractivity contribution < 1.29 is 9.13 Å². The van der Waals surface area contributed by atoms with Gasteiger partial charge in [0.15, 0.2) is 17.4 Å². The lowest BCUT2D eigenvalue weighted by molar-refractivity contribution is 0.279. The van der Waals surface area contributed by atoms with E-state index in [0.29, 0.717) is 23.5 Å². The van der Waals surface area contributed by atoms with Crippen LogP contribution in [0.25, 0.3) is 33.3 Å². The highest BCUT2D eigenvalue weighted by Gasteiger charge is 2.19. The number of aromatic amines is 1. The van der Waals surface area contributed by atoms with Crippen LogP contribution in [0.15, 0.2) is 90.0 Å². The lowest BCUT2D eigenvalue weighted by atomic mass is 9.99. The first kappa shape index (κ1) is 25.3. The molecule has 0 radical (unpaired) electrons. The summed E-state index contributed by atoms with van der Waals surface area (Å²) in [6.07, 6.45) is 1.38. The zero-order valence-corrected chi connectivity index (χ0v) is 22.5. The van der Waals surface area contributed by atoms with E-state index in [0.717, 1.165) is 38.9 Å². The van der Waals surface area contributed by atoms with Crippen LogP contribution in [0.4, 0.5) is 4.39 Å². The maximum atomic E-state index is 15.3. The molecule has 8 heteroatoms. The predicted octanol–water partition coefficient (Wildman–Crippen LogP) is 6.18. The molecular formula is C32H28FN5O2. The van der Waals surface area contributed by atoms with Crippen molar-refractivity contribution >= 4 is 11.0 Å². The molecule has 0 saturated heterocycles. The predicted molar refractivity (Wildman–Crippen MR) is 154 cm³/mol. The summed E-state index contributed by atoms with van der Waals surface area (Å²) in [5.41, 5.74) is 7.75. The molecular weight excluding hydrogens is 505 g/mol. The summed E-state index contributed by atoms with van der Waals surface area (Å²) < 4.78 is 24.5. The van der Waals surface area contributed by atoms with Crippen LogP contribution in [0.1, 0.15) is 22.5 Å². The molecule has 0 aliphatic rings. The fraction of sp³-hybridized carbons (Fsp3) is 0.156. The molecule has 7 nitrogen and oxygen atoms in total. The van der Waals surface area contributed by atoms with E-state index in [1.807, 2.05) is 55.5 Å². The summed E-state index contributed by atoms with van der Waals surface area (Å²) in [6.45, 7) is 4.29. The second-order valence-corrected chi connectivity index (χ2v) is 10.00. The van der Waals surface area contributed by atoms with E-state index < -0.39 is 5.82 Å². The van der Waals surface area contributed by atoms with Gasteiger partial charge in [0.25, 0.3) is 0 Å². The van der Waals surface area contributed by atoms with Gasteiger partial charge >= 0.3 is 5.69 Å². The van der Waals surface area contributed by atoms with E-state index in [2.05, 4.69) is 39.4 Å². The van der Waals surface area contributed by atoms with Gasteiger partial charge in [-0.2, -0.15) is 5.10 Å². The molecule has 1 N–H and O–H groups in total. The van der Waals surface area contributed by atoms with E-state index in [4.69, 9.17) is 4.74 Å². The maximum absolute atomic E-state index is 15.3. The highest BCUT2D eigenvalue weighted by molar-refractivity contribution is 5.93. The minimum Gasteiger partial charge on any atom is -0.482 e. The number of fused-ring (bicyclic) bond motifs is 1. The molecule has 2 heterocycles. The minimum absolute atomic E-state index is 0.0780. The number of nitrogens with zero attached hydrogens (tertiary/aromatic N) is 4. The van der Waals surface area contributed by atoms with Crippen molar-refractivity contribution in [3.63, 3.8) is 0 Å². The van der Waals surface area contributed by atoms with Gasteiger partial charge in [0.1, 0.15) is 12.9 Å². The van der Waals surface area contributed by atoms with Crippen molar-refractivity contribution in [2.45, 2.75) is 27.0 Å². The van der Waals surface area contributed by atoms with Crippen LogP contribution in [0.2, 0.25) is 0 Å². The summed E-state index contributed by atoms with van der Waals surface area (Å²) in [7, 11) is 1.76. The van der Waals surface area contributed by atoms with Crippen LogP contribution < -0.4 is 10.4 Å². The molecule has 0 aliphatic carbocycles. The molecule has 6 rings (SSSR count). The largest absolute Gasteiger partial charge is 0.482 e. The SMILES string of the molecule is Cc1cc(-c2cc(C)c(OCc3ncn[nH]3)c(F)c2)c2c(c1)n(Cc1cccc(-c3ccccc3)c1)c(=O)n2C. The first-order valence-corrected chi connectivity index (χ1v) is 13.0. The highest BCUT2D eigenvalue weighted by Crippen LogP contribution is 2.35. The average molecular weight is 534 g/mol. The molecule has 4 aromatic carbocycles.